The number of benzene rings is 2. The molecule has 0 amide bonds. The van der Waals surface area contributed by atoms with E-state index in [9.17, 15) is 15.3 Å². The number of fused-ring (bicyclic) bond motifs is 1. The highest BCUT2D eigenvalue weighted by Crippen LogP contribution is 2.49. The van der Waals surface area contributed by atoms with E-state index in [0.29, 0.717) is 46.9 Å². The van der Waals surface area contributed by atoms with Crippen molar-refractivity contribution >= 4 is 17.3 Å². The monoisotopic (exact) mass is 460 g/mol. The van der Waals surface area contributed by atoms with Gasteiger partial charge in [0.2, 0.25) is 6.79 Å². The van der Waals surface area contributed by atoms with Gasteiger partial charge in [-0.25, -0.2) is 0 Å². The summed E-state index contributed by atoms with van der Waals surface area (Å²) in [4.78, 5) is 15.5. The molecule has 0 unspecified atom stereocenters. The van der Waals surface area contributed by atoms with Crippen LogP contribution in [0.5, 0.6) is 11.5 Å². The number of hydrogen-bond donors (Lipinski definition) is 0. The predicted octanol–water partition coefficient (Wildman–Crippen LogP) is 5.09. The van der Waals surface area contributed by atoms with Gasteiger partial charge in [0.15, 0.2) is 17.3 Å². The van der Waals surface area contributed by atoms with E-state index in [1.807, 2.05) is 64.3 Å². The SMILES string of the molecule is N#CC1=C(n2cccc2)N(c2ccc(C#N)cc2)C2=C(C(=O)CCC2)[C@H]1c1ccc2c(c1)OCO2. The van der Waals surface area contributed by atoms with Crippen LogP contribution in [0.25, 0.3) is 5.82 Å². The van der Waals surface area contributed by atoms with Crippen molar-refractivity contribution in [3.05, 3.63) is 95.0 Å². The fourth-order valence-corrected chi connectivity index (χ4v) is 5.16. The normalized spacial score (nSPS) is 18.9. The fourth-order valence-electron chi connectivity index (χ4n) is 5.16. The number of carbonyl (C=O) groups is 1. The van der Waals surface area contributed by atoms with Gasteiger partial charge in [-0.3, -0.25) is 9.69 Å². The largest absolute Gasteiger partial charge is 0.454 e. The zero-order chi connectivity index (χ0) is 23.9. The van der Waals surface area contributed by atoms with Crippen LogP contribution in [0.2, 0.25) is 0 Å². The molecule has 2 aromatic carbocycles. The minimum absolute atomic E-state index is 0.0480. The van der Waals surface area contributed by atoms with Crippen LogP contribution in [0.15, 0.2) is 83.8 Å². The second-order valence-electron chi connectivity index (χ2n) is 8.62. The maximum absolute atomic E-state index is 13.5. The summed E-state index contributed by atoms with van der Waals surface area (Å²) in [5.74, 6) is 1.47. The summed E-state index contributed by atoms with van der Waals surface area (Å²) >= 11 is 0. The van der Waals surface area contributed by atoms with Gasteiger partial charge in [0, 0.05) is 35.8 Å². The first-order valence-corrected chi connectivity index (χ1v) is 11.4. The van der Waals surface area contributed by atoms with E-state index < -0.39 is 5.92 Å². The molecule has 1 aromatic heterocycles. The number of carbonyl (C=O) groups excluding carboxylic acids is 1. The van der Waals surface area contributed by atoms with Crippen LogP contribution < -0.4 is 14.4 Å². The van der Waals surface area contributed by atoms with Gasteiger partial charge in [0.05, 0.1) is 29.2 Å². The molecule has 0 bridgehead atoms. The number of hydrogen-bond acceptors (Lipinski definition) is 6. The van der Waals surface area contributed by atoms with E-state index in [-0.39, 0.29) is 12.6 Å². The lowest BCUT2D eigenvalue weighted by molar-refractivity contribution is -0.116. The number of allylic oxidation sites excluding steroid dienone is 3. The molecular formula is C28H20N4O3. The minimum Gasteiger partial charge on any atom is -0.454 e. The van der Waals surface area contributed by atoms with Crippen LogP contribution in [0.4, 0.5) is 5.69 Å². The molecular weight excluding hydrogens is 440 g/mol. The van der Waals surface area contributed by atoms with Gasteiger partial charge in [-0.2, -0.15) is 10.5 Å². The first-order chi connectivity index (χ1) is 17.2. The van der Waals surface area contributed by atoms with E-state index in [1.165, 1.54) is 0 Å². The van der Waals surface area contributed by atoms with Crippen molar-refractivity contribution in [3.8, 4) is 23.6 Å². The Labute approximate surface area is 202 Å². The van der Waals surface area contributed by atoms with Crippen LogP contribution in [-0.4, -0.2) is 17.1 Å². The number of anilines is 1. The summed E-state index contributed by atoms with van der Waals surface area (Å²) in [5.41, 5.74) is 4.16. The molecule has 3 aliphatic rings. The highest BCUT2D eigenvalue weighted by Gasteiger charge is 2.42. The molecule has 7 heteroatoms. The molecule has 0 fully saturated rings. The van der Waals surface area contributed by atoms with Gasteiger partial charge < -0.3 is 14.0 Å². The van der Waals surface area contributed by atoms with Crippen molar-refractivity contribution in [2.24, 2.45) is 0 Å². The van der Waals surface area contributed by atoms with Gasteiger partial charge in [-0.05, 0) is 66.9 Å². The second kappa shape index (κ2) is 8.23. The highest BCUT2D eigenvalue weighted by molar-refractivity contribution is 6.03. The molecule has 3 heterocycles. The first kappa shape index (κ1) is 20.8. The topological polar surface area (TPSA) is 91.3 Å². The lowest BCUT2D eigenvalue weighted by atomic mass is 9.75. The summed E-state index contributed by atoms with van der Waals surface area (Å²) in [6.45, 7) is 0.151. The summed E-state index contributed by atoms with van der Waals surface area (Å²) in [6.07, 6.45) is 5.68. The predicted molar refractivity (Wildman–Crippen MR) is 128 cm³/mol. The Kier molecular flexibility index (Phi) is 4.90. The molecule has 3 aromatic rings. The Morgan fingerprint density at radius 1 is 0.914 bits per heavy atom. The maximum Gasteiger partial charge on any atom is 0.231 e. The van der Waals surface area contributed by atoms with Crippen molar-refractivity contribution in [1.82, 2.24) is 4.57 Å². The van der Waals surface area contributed by atoms with Crippen LogP contribution in [0, 0.1) is 22.7 Å². The molecule has 1 atom stereocenters. The van der Waals surface area contributed by atoms with Crippen LogP contribution in [0.3, 0.4) is 0 Å². The second-order valence-corrected chi connectivity index (χ2v) is 8.62. The van der Waals surface area contributed by atoms with Gasteiger partial charge in [-0.15, -0.1) is 0 Å². The molecule has 0 saturated heterocycles. The number of Topliss-reactive ketones (excluding diaryl/α,β-unsaturated/α-hetero) is 1. The molecule has 0 radical (unpaired) electrons. The molecule has 170 valence electrons. The molecule has 0 N–H and O–H groups in total. The van der Waals surface area contributed by atoms with E-state index in [2.05, 4.69) is 12.1 Å². The smallest absolute Gasteiger partial charge is 0.231 e. The summed E-state index contributed by atoms with van der Waals surface area (Å²) in [5, 5.41) is 19.8. The van der Waals surface area contributed by atoms with Crippen molar-refractivity contribution in [2.45, 2.75) is 25.2 Å². The summed E-state index contributed by atoms with van der Waals surface area (Å²) in [6, 6.07) is 21.3. The number of nitrogens with zero attached hydrogens (tertiary/aromatic N) is 4. The van der Waals surface area contributed by atoms with Gasteiger partial charge >= 0.3 is 0 Å². The lowest BCUT2D eigenvalue weighted by Crippen LogP contribution is -2.36. The quantitative estimate of drug-likeness (QED) is 0.541. The zero-order valence-electron chi connectivity index (χ0n) is 18.8. The Balaban J connectivity index is 1.63. The third-order valence-corrected chi connectivity index (χ3v) is 6.68. The number of nitriles is 2. The minimum atomic E-state index is -0.524. The summed E-state index contributed by atoms with van der Waals surface area (Å²) < 4.78 is 13.0. The molecule has 2 aliphatic heterocycles. The van der Waals surface area contributed by atoms with Crippen molar-refractivity contribution in [3.63, 3.8) is 0 Å². The molecule has 1 aliphatic carbocycles. The molecule has 6 rings (SSSR count). The number of rotatable bonds is 3. The molecule has 35 heavy (non-hydrogen) atoms. The fraction of sp³-hybridized carbons (Fsp3) is 0.179. The third-order valence-electron chi connectivity index (χ3n) is 6.68. The van der Waals surface area contributed by atoms with E-state index in [4.69, 9.17) is 9.47 Å². The van der Waals surface area contributed by atoms with E-state index >= 15 is 0 Å². The van der Waals surface area contributed by atoms with E-state index in [1.54, 1.807) is 12.1 Å². The Morgan fingerprint density at radius 3 is 2.43 bits per heavy atom. The van der Waals surface area contributed by atoms with E-state index in [0.717, 1.165) is 23.4 Å². The van der Waals surface area contributed by atoms with Gasteiger partial charge in [0.1, 0.15) is 5.82 Å². The third kappa shape index (κ3) is 3.29. The Hall–Kier alpha value is -4.75. The van der Waals surface area contributed by atoms with Crippen LogP contribution in [0.1, 0.15) is 36.3 Å². The average Bonchev–Trinajstić information content (AvgIpc) is 3.59. The standard InChI is InChI=1S/C28H20N4O3/c29-15-18-6-9-20(10-7-18)32-22-4-3-5-23(33)27(22)26(19-8-11-24-25(14-19)35-17-34-24)21(16-30)28(32)31-12-1-2-13-31/h1-2,6-14,26H,3-5,17H2/t26-/m0/s1. The van der Waals surface area contributed by atoms with Crippen molar-refractivity contribution < 1.29 is 14.3 Å². The molecule has 0 saturated carbocycles. The summed E-state index contributed by atoms with van der Waals surface area (Å²) in [7, 11) is 0. The van der Waals surface area contributed by atoms with Crippen LogP contribution in [-0.2, 0) is 4.79 Å². The van der Waals surface area contributed by atoms with Gasteiger partial charge in [-0.1, -0.05) is 6.07 Å². The highest BCUT2D eigenvalue weighted by atomic mass is 16.7. The van der Waals surface area contributed by atoms with Crippen LogP contribution >= 0.6 is 0 Å². The number of ketones is 1. The van der Waals surface area contributed by atoms with Crippen molar-refractivity contribution in [1.29, 1.82) is 10.5 Å². The Morgan fingerprint density at radius 2 is 1.69 bits per heavy atom. The molecule has 7 nitrogen and oxygen atoms in total. The number of ether oxygens (including phenoxy) is 2. The van der Waals surface area contributed by atoms with Crippen molar-refractivity contribution in [2.75, 3.05) is 11.7 Å². The lowest BCUT2D eigenvalue weighted by Gasteiger charge is -2.41. The maximum atomic E-state index is 13.5. The zero-order valence-corrected chi connectivity index (χ0v) is 18.8. The van der Waals surface area contributed by atoms with Gasteiger partial charge in [0.25, 0.3) is 0 Å². The Bertz CT molecular complexity index is 1480. The number of aromatic nitrogens is 1. The first-order valence-electron chi connectivity index (χ1n) is 11.4. The molecule has 0 spiro atoms. The average molecular weight is 460 g/mol.